The van der Waals surface area contributed by atoms with Gasteiger partial charge in [-0.25, -0.2) is 0 Å². The molecule has 7 atom stereocenters. The van der Waals surface area contributed by atoms with Gasteiger partial charge in [-0.15, -0.1) is 0 Å². The average Bonchev–Trinajstić information content (AvgIpc) is 3.28. The Kier molecular flexibility index (Phi) is 5.55. The molecule has 4 nitrogen and oxygen atoms in total. The van der Waals surface area contributed by atoms with Crippen LogP contribution < -0.4 is 0 Å². The van der Waals surface area contributed by atoms with Crippen molar-refractivity contribution in [3.05, 3.63) is 83.0 Å². The second-order valence-electron chi connectivity index (χ2n) is 12.5. The van der Waals surface area contributed by atoms with Gasteiger partial charge in [0.05, 0.1) is 23.8 Å². The zero-order valence-corrected chi connectivity index (χ0v) is 21.8. The van der Waals surface area contributed by atoms with Crippen molar-refractivity contribution in [3.63, 3.8) is 0 Å². The van der Waals surface area contributed by atoms with E-state index in [0.717, 1.165) is 50.5 Å². The van der Waals surface area contributed by atoms with Crippen molar-refractivity contribution >= 4 is 5.78 Å². The van der Waals surface area contributed by atoms with Crippen molar-refractivity contribution in [3.8, 4) is 17.2 Å². The molecule has 0 saturated heterocycles. The van der Waals surface area contributed by atoms with Gasteiger partial charge in [-0.1, -0.05) is 48.1 Å². The van der Waals surface area contributed by atoms with Crippen molar-refractivity contribution in [1.82, 2.24) is 0 Å². The normalized spacial score (nSPS) is 37.0. The molecule has 0 amide bonds. The molecule has 0 heterocycles. The SMILES string of the molecule is N#Cc1ccc(-c2ccc3c(c2)CC24CCC(=O)C=C2CC[C@H]2[C@@H]5CC[C@@](O)(/C=C\CO)[C@H]5C[C@H]3[C@@H]24)cc1. The first-order chi connectivity index (χ1) is 18.5. The highest BCUT2D eigenvalue weighted by Crippen LogP contribution is 2.70. The van der Waals surface area contributed by atoms with Crippen molar-refractivity contribution in [2.75, 3.05) is 6.61 Å². The molecule has 3 fully saturated rings. The molecule has 194 valence electrons. The molecule has 0 aromatic heterocycles. The van der Waals surface area contributed by atoms with Gasteiger partial charge in [-0.3, -0.25) is 4.79 Å². The molecule has 4 heteroatoms. The van der Waals surface area contributed by atoms with E-state index in [0.29, 0.717) is 35.7 Å². The van der Waals surface area contributed by atoms with Gasteiger partial charge < -0.3 is 10.2 Å². The number of aliphatic hydroxyl groups excluding tert-OH is 1. The van der Waals surface area contributed by atoms with E-state index in [1.807, 2.05) is 36.4 Å². The Bertz CT molecular complexity index is 1400. The van der Waals surface area contributed by atoms with Gasteiger partial charge in [-0.05, 0) is 120 Å². The van der Waals surface area contributed by atoms with Crippen LogP contribution in [0.15, 0.2) is 66.3 Å². The van der Waals surface area contributed by atoms with Gasteiger partial charge in [0.2, 0.25) is 0 Å². The van der Waals surface area contributed by atoms with Gasteiger partial charge in [0.1, 0.15) is 0 Å². The number of rotatable bonds is 3. The molecule has 2 aromatic rings. The topological polar surface area (TPSA) is 81.3 Å². The molecule has 5 aliphatic carbocycles. The van der Waals surface area contributed by atoms with Crippen LogP contribution >= 0.6 is 0 Å². The van der Waals surface area contributed by atoms with E-state index in [2.05, 4.69) is 24.3 Å². The fourth-order valence-corrected chi connectivity index (χ4v) is 9.64. The molecule has 0 aliphatic heterocycles. The van der Waals surface area contributed by atoms with Crippen LogP contribution in [0.25, 0.3) is 11.1 Å². The number of carbonyl (C=O) groups is 1. The van der Waals surface area contributed by atoms with E-state index < -0.39 is 5.60 Å². The van der Waals surface area contributed by atoms with Crippen LogP contribution in [0.1, 0.15) is 67.6 Å². The zero-order chi connectivity index (χ0) is 26.1. The molecular formula is C34H35NO3. The predicted octanol–water partition coefficient (Wildman–Crippen LogP) is 5.88. The van der Waals surface area contributed by atoms with Gasteiger partial charge in [0.25, 0.3) is 0 Å². The molecule has 38 heavy (non-hydrogen) atoms. The van der Waals surface area contributed by atoms with E-state index in [1.54, 1.807) is 6.08 Å². The van der Waals surface area contributed by atoms with E-state index in [1.165, 1.54) is 22.3 Å². The summed E-state index contributed by atoms with van der Waals surface area (Å²) in [6.07, 6.45) is 13.1. The van der Waals surface area contributed by atoms with Crippen LogP contribution in [0.2, 0.25) is 0 Å². The number of allylic oxidation sites excluding steroid dienone is 1. The number of hydrogen-bond acceptors (Lipinski definition) is 4. The highest BCUT2D eigenvalue weighted by Gasteiger charge is 2.63. The summed E-state index contributed by atoms with van der Waals surface area (Å²) in [6.45, 7) is -0.0402. The smallest absolute Gasteiger partial charge is 0.155 e. The van der Waals surface area contributed by atoms with Crippen LogP contribution in [0.4, 0.5) is 0 Å². The minimum Gasteiger partial charge on any atom is -0.392 e. The second kappa shape index (κ2) is 8.76. The first kappa shape index (κ1) is 24.1. The Hall–Kier alpha value is -3.00. The molecule has 3 saturated carbocycles. The molecule has 2 aromatic carbocycles. The highest BCUT2D eigenvalue weighted by molar-refractivity contribution is 5.91. The third kappa shape index (κ3) is 3.45. The van der Waals surface area contributed by atoms with Crippen LogP contribution in [0.3, 0.4) is 0 Å². The fourth-order valence-electron chi connectivity index (χ4n) is 9.64. The van der Waals surface area contributed by atoms with Gasteiger partial charge >= 0.3 is 0 Å². The molecular weight excluding hydrogens is 470 g/mol. The standard InChI is InChI=1S/C34H35NO3/c35-20-21-2-4-22(5-3-21)23-6-8-27-24(16-23)19-33-13-10-26(37)17-25(33)7-9-29-28-11-14-34(38,12-1-15-36)31(28)18-30(27)32(29)33/h1-6,8,12,16-17,28-32,36,38H,7,9-11,13-15,18-19H2/b12-1-/t28-,29-,30+,31-,32+,33?,34-/m0/s1. The Morgan fingerprint density at radius 2 is 1.84 bits per heavy atom. The third-order valence-corrected chi connectivity index (χ3v) is 11.1. The lowest BCUT2D eigenvalue weighted by Gasteiger charge is -2.62. The van der Waals surface area contributed by atoms with Crippen LogP contribution in [0.5, 0.6) is 0 Å². The zero-order valence-electron chi connectivity index (χ0n) is 21.8. The molecule has 1 spiro atoms. The maximum atomic E-state index is 12.6. The van der Waals surface area contributed by atoms with Crippen LogP contribution in [-0.4, -0.2) is 28.2 Å². The van der Waals surface area contributed by atoms with E-state index >= 15 is 0 Å². The molecule has 2 N–H and O–H groups in total. The second-order valence-corrected chi connectivity index (χ2v) is 12.5. The predicted molar refractivity (Wildman–Crippen MR) is 146 cm³/mol. The van der Waals surface area contributed by atoms with Crippen molar-refractivity contribution in [1.29, 1.82) is 5.26 Å². The number of hydrogen-bond donors (Lipinski definition) is 2. The summed E-state index contributed by atoms with van der Waals surface area (Å²) in [5.74, 6) is 2.44. The first-order valence-electron chi connectivity index (χ1n) is 14.3. The fraction of sp³-hybridized carbons (Fsp3) is 0.471. The molecule has 1 unspecified atom stereocenters. The molecule has 7 rings (SSSR count). The summed E-state index contributed by atoms with van der Waals surface area (Å²) < 4.78 is 0. The molecule has 0 bridgehead atoms. The number of carbonyl (C=O) groups excluding carboxylic acids is 1. The van der Waals surface area contributed by atoms with Crippen molar-refractivity contribution in [2.45, 2.75) is 62.9 Å². The largest absolute Gasteiger partial charge is 0.392 e. The lowest BCUT2D eigenvalue weighted by Crippen LogP contribution is -2.56. The molecule has 5 aliphatic rings. The van der Waals surface area contributed by atoms with E-state index in [-0.39, 0.29) is 23.7 Å². The van der Waals surface area contributed by atoms with E-state index in [4.69, 9.17) is 0 Å². The van der Waals surface area contributed by atoms with Crippen LogP contribution in [0, 0.1) is 40.4 Å². The number of benzene rings is 2. The van der Waals surface area contributed by atoms with Gasteiger partial charge in [-0.2, -0.15) is 5.26 Å². The average molecular weight is 506 g/mol. The summed E-state index contributed by atoms with van der Waals surface area (Å²) >= 11 is 0. The van der Waals surface area contributed by atoms with Crippen molar-refractivity contribution in [2.24, 2.45) is 29.1 Å². The summed E-state index contributed by atoms with van der Waals surface area (Å²) in [5, 5.41) is 30.4. The lowest BCUT2D eigenvalue weighted by atomic mass is 9.42. The monoisotopic (exact) mass is 505 g/mol. The summed E-state index contributed by atoms with van der Waals surface area (Å²) in [4.78, 5) is 12.6. The summed E-state index contributed by atoms with van der Waals surface area (Å²) in [6, 6.07) is 17.0. The molecule has 0 radical (unpaired) electrons. The van der Waals surface area contributed by atoms with Crippen molar-refractivity contribution < 1.29 is 15.0 Å². The maximum Gasteiger partial charge on any atom is 0.155 e. The number of nitrogens with zero attached hydrogens (tertiary/aromatic N) is 1. The minimum atomic E-state index is -0.843. The maximum absolute atomic E-state index is 12.6. The third-order valence-electron chi connectivity index (χ3n) is 11.1. The quantitative estimate of drug-likeness (QED) is 0.511. The Morgan fingerprint density at radius 3 is 2.63 bits per heavy atom. The highest BCUT2D eigenvalue weighted by atomic mass is 16.3. The Balaban J connectivity index is 1.36. The Labute approximate surface area is 224 Å². The van der Waals surface area contributed by atoms with Gasteiger partial charge in [0, 0.05) is 6.42 Å². The number of fused-ring (bicyclic) bond motifs is 4. The van der Waals surface area contributed by atoms with Crippen LogP contribution in [-0.2, 0) is 11.2 Å². The number of nitriles is 1. The number of aliphatic hydroxyl groups is 2. The van der Waals surface area contributed by atoms with E-state index in [9.17, 15) is 20.3 Å². The van der Waals surface area contributed by atoms with Gasteiger partial charge in [0.15, 0.2) is 5.78 Å². The lowest BCUT2D eigenvalue weighted by molar-refractivity contribution is -0.118. The first-order valence-corrected chi connectivity index (χ1v) is 14.3. The Morgan fingerprint density at radius 1 is 1.03 bits per heavy atom. The summed E-state index contributed by atoms with van der Waals surface area (Å²) in [5.41, 5.74) is 6.37. The minimum absolute atomic E-state index is 0.0402. The summed E-state index contributed by atoms with van der Waals surface area (Å²) in [7, 11) is 0. The number of ketones is 1.